The highest BCUT2D eigenvalue weighted by molar-refractivity contribution is 14.1. The van der Waals surface area contributed by atoms with Crippen LogP contribution in [0.2, 0.25) is 5.02 Å². The van der Waals surface area contributed by atoms with Crippen LogP contribution in [-0.2, 0) is 0 Å². The number of carbonyl (C=O) groups excluding carboxylic acids is 1. The fourth-order valence-corrected chi connectivity index (χ4v) is 2.61. The standard InChI is InChI=1S/C14H13ClIN3O/c1-2-17-13-6-3-9(8-18-13)14(20)19-12-5-4-10(15)7-11(12)16/h3-8H,2H2,1H3,(H,17,18)(H,19,20). The minimum atomic E-state index is -0.194. The summed E-state index contributed by atoms with van der Waals surface area (Å²) < 4.78 is 0.890. The van der Waals surface area contributed by atoms with Gasteiger partial charge in [-0.2, -0.15) is 0 Å². The zero-order chi connectivity index (χ0) is 14.5. The predicted molar refractivity (Wildman–Crippen MR) is 90.5 cm³/mol. The van der Waals surface area contributed by atoms with E-state index < -0.39 is 0 Å². The SMILES string of the molecule is CCNc1ccc(C(=O)Nc2ccc(Cl)cc2I)cn1. The number of aromatic nitrogens is 1. The van der Waals surface area contributed by atoms with Crippen LogP contribution in [0.3, 0.4) is 0 Å². The zero-order valence-corrected chi connectivity index (χ0v) is 13.7. The third-order valence-electron chi connectivity index (χ3n) is 2.56. The van der Waals surface area contributed by atoms with Crippen molar-refractivity contribution in [2.45, 2.75) is 6.92 Å². The van der Waals surface area contributed by atoms with E-state index in [9.17, 15) is 4.79 Å². The van der Waals surface area contributed by atoms with Crippen molar-refractivity contribution in [2.75, 3.05) is 17.2 Å². The minimum absolute atomic E-state index is 0.194. The van der Waals surface area contributed by atoms with Gasteiger partial charge in [-0.05, 0) is 59.8 Å². The maximum Gasteiger partial charge on any atom is 0.257 e. The minimum Gasteiger partial charge on any atom is -0.370 e. The van der Waals surface area contributed by atoms with Gasteiger partial charge in [-0.1, -0.05) is 11.6 Å². The first-order valence-electron chi connectivity index (χ1n) is 6.06. The molecular weight excluding hydrogens is 389 g/mol. The van der Waals surface area contributed by atoms with E-state index in [0.717, 1.165) is 21.6 Å². The highest BCUT2D eigenvalue weighted by Crippen LogP contribution is 2.22. The van der Waals surface area contributed by atoms with Gasteiger partial charge >= 0.3 is 0 Å². The number of pyridine rings is 1. The molecule has 1 aromatic heterocycles. The highest BCUT2D eigenvalue weighted by Gasteiger charge is 2.09. The molecule has 0 unspecified atom stereocenters. The second-order valence-electron chi connectivity index (χ2n) is 4.04. The van der Waals surface area contributed by atoms with E-state index in [1.807, 2.05) is 6.92 Å². The Morgan fingerprint density at radius 1 is 1.35 bits per heavy atom. The number of hydrogen-bond acceptors (Lipinski definition) is 3. The molecule has 4 nitrogen and oxygen atoms in total. The van der Waals surface area contributed by atoms with E-state index in [0.29, 0.717) is 10.6 Å². The van der Waals surface area contributed by atoms with Crippen LogP contribution < -0.4 is 10.6 Å². The number of benzene rings is 1. The number of nitrogens with one attached hydrogen (secondary N) is 2. The van der Waals surface area contributed by atoms with Crippen molar-refractivity contribution in [2.24, 2.45) is 0 Å². The Kier molecular flexibility index (Phi) is 5.19. The molecular formula is C14H13ClIN3O. The molecule has 104 valence electrons. The van der Waals surface area contributed by atoms with Crippen molar-refractivity contribution < 1.29 is 4.79 Å². The molecule has 0 saturated carbocycles. The summed E-state index contributed by atoms with van der Waals surface area (Å²) in [5.41, 5.74) is 1.24. The molecule has 0 spiro atoms. The highest BCUT2D eigenvalue weighted by atomic mass is 127. The van der Waals surface area contributed by atoms with Crippen LogP contribution in [0, 0.1) is 3.57 Å². The van der Waals surface area contributed by atoms with Crippen molar-refractivity contribution >= 4 is 51.6 Å². The molecule has 0 radical (unpaired) electrons. The van der Waals surface area contributed by atoms with Gasteiger partial charge in [-0.25, -0.2) is 4.98 Å². The van der Waals surface area contributed by atoms with Gasteiger partial charge in [0.1, 0.15) is 5.82 Å². The van der Waals surface area contributed by atoms with Gasteiger partial charge in [-0.3, -0.25) is 4.79 Å². The van der Waals surface area contributed by atoms with Gasteiger partial charge in [0.2, 0.25) is 0 Å². The normalized spacial score (nSPS) is 10.2. The lowest BCUT2D eigenvalue weighted by molar-refractivity contribution is 0.102. The molecule has 2 N–H and O–H groups in total. The number of carbonyl (C=O) groups is 1. The summed E-state index contributed by atoms with van der Waals surface area (Å²) in [4.78, 5) is 16.3. The number of hydrogen-bond donors (Lipinski definition) is 2. The van der Waals surface area contributed by atoms with Crippen molar-refractivity contribution in [1.29, 1.82) is 0 Å². The summed E-state index contributed by atoms with van der Waals surface area (Å²) in [5.74, 6) is 0.561. The number of amides is 1. The van der Waals surface area contributed by atoms with Gasteiger partial charge in [0, 0.05) is 21.3 Å². The monoisotopic (exact) mass is 401 g/mol. The summed E-state index contributed by atoms with van der Waals surface area (Å²) in [5, 5.41) is 6.56. The average molecular weight is 402 g/mol. The second kappa shape index (κ2) is 6.90. The van der Waals surface area contributed by atoms with Crippen molar-refractivity contribution in [3.8, 4) is 0 Å². The van der Waals surface area contributed by atoms with Crippen LogP contribution in [0.5, 0.6) is 0 Å². The largest absolute Gasteiger partial charge is 0.370 e. The zero-order valence-electron chi connectivity index (χ0n) is 10.8. The van der Waals surface area contributed by atoms with Crippen molar-refractivity contribution in [3.05, 3.63) is 50.7 Å². The predicted octanol–water partition coefficient (Wildman–Crippen LogP) is 4.02. The Balaban J connectivity index is 2.11. The molecule has 1 aromatic carbocycles. The summed E-state index contributed by atoms with van der Waals surface area (Å²) >= 11 is 8.01. The lowest BCUT2D eigenvalue weighted by Gasteiger charge is -2.08. The summed E-state index contributed by atoms with van der Waals surface area (Å²) in [6, 6.07) is 8.84. The first-order valence-corrected chi connectivity index (χ1v) is 7.52. The van der Waals surface area contributed by atoms with Crippen LogP contribution in [0.15, 0.2) is 36.5 Å². The van der Waals surface area contributed by atoms with Gasteiger partial charge in [-0.15, -0.1) is 0 Å². The summed E-state index contributed by atoms with van der Waals surface area (Å²) in [6.45, 7) is 2.78. The van der Waals surface area contributed by atoms with Crippen molar-refractivity contribution in [3.63, 3.8) is 0 Å². The number of rotatable bonds is 4. The Morgan fingerprint density at radius 3 is 2.75 bits per heavy atom. The van der Waals surface area contributed by atoms with E-state index in [1.165, 1.54) is 0 Å². The quantitative estimate of drug-likeness (QED) is 0.761. The van der Waals surface area contributed by atoms with Crippen molar-refractivity contribution in [1.82, 2.24) is 4.98 Å². The van der Waals surface area contributed by atoms with Crippen LogP contribution in [0.4, 0.5) is 11.5 Å². The fourth-order valence-electron chi connectivity index (χ4n) is 1.60. The van der Waals surface area contributed by atoms with Gasteiger partial charge in [0.25, 0.3) is 5.91 Å². The molecule has 0 aliphatic rings. The molecule has 0 atom stereocenters. The van der Waals surface area contributed by atoms with E-state index in [2.05, 4.69) is 38.2 Å². The molecule has 0 aliphatic carbocycles. The molecule has 0 fully saturated rings. The number of nitrogens with zero attached hydrogens (tertiary/aromatic N) is 1. The topological polar surface area (TPSA) is 54.0 Å². The van der Waals surface area contributed by atoms with E-state index in [-0.39, 0.29) is 5.91 Å². The third-order valence-corrected chi connectivity index (χ3v) is 3.69. The third kappa shape index (κ3) is 3.83. The second-order valence-corrected chi connectivity index (χ2v) is 5.64. The Hall–Kier alpha value is -1.34. The Morgan fingerprint density at radius 2 is 2.15 bits per heavy atom. The smallest absolute Gasteiger partial charge is 0.257 e. The molecule has 2 rings (SSSR count). The lowest BCUT2D eigenvalue weighted by atomic mass is 10.2. The molecule has 0 saturated heterocycles. The average Bonchev–Trinajstić information content (AvgIpc) is 2.43. The molecule has 20 heavy (non-hydrogen) atoms. The van der Waals surface area contributed by atoms with E-state index in [1.54, 1.807) is 36.5 Å². The molecule has 1 amide bonds. The maximum atomic E-state index is 12.1. The van der Waals surface area contributed by atoms with E-state index in [4.69, 9.17) is 11.6 Å². The number of anilines is 2. The first kappa shape index (κ1) is 15.1. The van der Waals surface area contributed by atoms with Crippen LogP contribution >= 0.6 is 34.2 Å². The van der Waals surface area contributed by atoms with Crippen LogP contribution in [0.1, 0.15) is 17.3 Å². The summed E-state index contributed by atoms with van der Waals surface area (Å²) in [7, 11) is 0. The first-order chi connectivity index (χ1) is 9.60. The maximum absolute atomic E-state index is 12.1. The van der Waals surface area contributed by atoms with Gasteiger partial charge < -0.3 is 10.6 Å². The van der Waals surface area contributed by atoms with E-state index >= 15 is 0 Å². The summed E-state index contributed by atoms with van der Waals surface area (Å²) in [6.07, 6.45) is 1.55. The lowest BCUT2D eigenvalue weighted by Crippen LogP contribution is -2.13. The molecule has 0 bridgehead atoms. The Bertz CT molecular complexity index is 616. The molecule has 0 aliphatic heterocycles. The molecule has 6 heteroatoms. The van der Waals surface area contributed by atoms with Gasteiger partial charge in [0.05, 0.1) is 11.3 Å². The van der Waals surface area contributed by atoms with Gasteiger partial charge in [0.15, 0.2) is 0 Å². The fraction of sp³-hybridized carbons (Fsp3) is 0.143. The van der Waals surface area contributed by atoms with Crippen LogP contribution in [0.25, 0.3) is 0 Å². The molecule has 2 aromatic rings. The molecule has 1 heterocycles. The van der Waals surface area contributed by atoms with Crippen LogP contribution in [-0.4, -0.2) is 17.4 Å². The number of halogens is 2. The Labute approximate surface area is 136 Å².